The molecule has 17 heavy (non-hydrogen) atoms. The van der Waals surface area contributed by atoms with Crippen LogP contribution in [0.15, 0.2) is 11.6 Å². The van der Waals surface area contributed by atoms with Crippen molar-refractivity contribution in [2.45, 2.75) is 19.5 Å². The Morgan fingerprint density at radius 2 is 2.41 bits per heavy atom. The van der Waals surface area contributed by atoms with Crippen LogP contribution in [0.3, 0.4) is 0 Å². The van der Waals surface area contributed by atoms with E-state index >= 15 is 0 Å². The van der Waals surface area contributed by atoms with Crippen LogP contribution in [0.25, 0.3) is 0 Å². The smallest absolute Gasteiger partial charge is 0.237 e. The molecule has 0 spiro atoms. The summed E-state index contributed by atoms with van der Waals surface area (Å²) in [4.78, 5) is 18.3. The zero-order chi connectivity index (χ0) is 12.1. The number of piperazine rings is 1. The van der Waals surface area contributed by atoms with Crippen molar-refractivity contribution in [1.82, 2.24) is 20.5 Å². The first-order chi connectivity index (χ1) is 8.27. The van der Waals surface area contributed by atoms with E-state index in [1.807, 2.05) is 12.3 Å². The maximum absolute atomic E-state index is 11.9. The Labute approximate surface area is 105 Å². The Kier molecular flexibility index (Phi) is 4.47. The largest absolute Gasteiger partial charge is 0.348 e. The lowest BCUT2D eigenvalue weighted by molar-refractivity contribution is -0.126. The van der Waals surface area contributed by atoms with Crippen LogP contribution in [0.5, 0.6) is 0 Å². The van der Waals surface area contributed by atoms with Crippen LogP contribution in [-0.4, -0.2) is 48.0 Å². The molecular formula is C11H18N4OS. The molecule has 1 aromatic rings. The Morgan fingerprint density at radius 1 is 1.65 bits per heavy atom. The molecule has 94 valence electrons. The summed E-state index contributed by atoms with van der Waals surface area (Å²) < 4.78 is 0. The van der Waals surface area contributed by atoms with Gasteiger partial charge in [0, 0.05) is 37.8 Å². The third-order valence-corrected chi connectivity index (χ3v) is 3.76. The molecule has 1 fully saturated rings. The van der Waals surface area contributed by atoms with E-state index in [1.165, 1.54) is 0 Å². The molecule has 1 unspecified atom stereocenters. The van der Waals surface area contributed by atoms with Gasteiger partial charge in [0.1, 0.15) is 5.01 Å². The summed E-state index contributed by atoms with van der Waals surface area (Å²) in [5.41, 5.74) is 0. The fourth-order valence-electron chi connectivity index (χ4n) is 1.89. The van der Waals surface area contributed by atoms with Crippen LogP contribution in [0.2, 0.25) is 0 Å². The molecule has 2 N–H and O–H groups in total. The van der Waals surface area contributed by atoms with Gasteiger partial charge in [0.05, 0.1) is 12.6 Å². The maximum Gasteiger partial charge on any atom is 0.237 e. The van der Waals surface area contributed by atoms with Gasteiger partial charge in [-0.2, -0.15) is 0 Å². The molecule has 0 saturated carbocycles. The highest BCUT2D eigenvalue weighted by atomic mass is 32.1. The van der Waals surface area contributed by atoms with Crippen molar-refractivity contribution in [2.24, 2.45) is 0 Å². The van der Waals surface area contributed by atoms with E-state index in [2.05, 4.69) is 20.5 Å². The van der Waals surface area contributed by atoms with E-state index in [0.29, 0.717) is 6.54 Å². The first-order valence-corrected chi connectivity index (χ1v) is 6.76. The van der Waals surface area contributed by atoms with Crippen molar-refractivity contribution in [3.63, 3.8) is 0 Å². The first-order valence-electron chi connectivity index (χ1n) is 5.88. The molecule has 5 nitrogen and oxygen atoms in total. The molecule has 1 aliphatic rings. The van der Waals surface area contributed by atoms with Gasteiger partial charge in [-0.15, -0.1) is 11.3 Å². The number of hydrogen-bond acceptors (Lipinski definition) is 5. The number of aromatic nitrogens is 1. The molecule has 1 atom stereocenters. The fraction of sp³-hybridized carbons (Fsp3) is 0.636. The molecular weight excluding hydrogens is 236 g/mol. The number of rotatable bonds is 4. The summed E-state index contributed by atoms with van der Waals surface area (Å²) >= 11 is 1.56. The molecule has 0 radical (unpaired) electrons. The van der Waals surface area contributed by atoms with Crippen LogP contribution in [-0.2, 0) is 11.3 Å². The van der Waals surface area contributed by atoms with Gasteiger partial charge in [0.2, 0.25) is 5.91 Å². The second kappa shape index (κ2) is 6.09. The number of carbonyl (C=O) groups excluding carboxylic acids is 1. The van der Waals surface area contributed by atoms with Crippen LogP contribution in [0.1, 0.15) is 11.9 Å². The number of carbonyl (C=O) groups is 1. The van der Waals surface area contributed by atoms with Gasteiger partial charge in [0.25, 0.3) is 0 Å². The molecule has 1 saturated heterocycles. The fourth-order valence-corrected chi connectivity index (χ4v) is 2.44. The minimum atomic E-state index is -0.0583. The molecule has 1 amide bonds. The maximum atomic E-state index is 11.9. The standard InChI is InChI=1S/C11H18N4OS/c1-9(15-5-2-12-3-6-15)11(16)14-8-10-13-4-7-17-10/h4,7,9,12H,2-3,5-6,8H2,1H3,(H,14,16). The Balaban J connectivity index is 1.78. The number of thiazole rings is 1. The molecule has 1 aliphatic heterocycles. The van der Waals surface area contributed by atoms with E-state index in [4.69, 9.17) is 0 Å². The molecule has 6 heteroatoms. The molecule has 0 bridgehead atoms. The summed E-state index contributed by atoms with van der Waals surface area (Å²) in [6.07, 6.45) is 1.76. The normalized spacial score (nSPS) is 18.9. The predicted octanol–water partition coefficient (Wildman–Crippen LogP) is 0.0530. The quantitative estimate of drug-likeness (QED) is 0.797. The average Bonchev–Trinajstić information content (AvgIpc) is 2.89. The van der Waals surface area contributed by atoms with E-state index < -0.39 is 0 Å². The highest BCUT2D eigenvalue weighted by Gasteiger charge is 2.22. The topological polar surface area (TPSA) is 57.3 Å². The molecule has 2 rings (SSSR count). The zero-order valence-corrected chi connectivity index (χ0v) is 10.8. The lowest BCUT2D eigenvalue weighted by Crippen LogP contribution is -2.52. The van der Waals surface area contributed by atoms with Crippen LogP contribution in [0, 0.1) is 0 Å². The van der Waals surface area contributed by atoms with Crippen molar-refractivity contribution in [3.8, 4) is 0 Å². The zero-order valence-electron chi connectivity index (χ0n) is 9.98. The number of nitrogens with zero attached hydrogens (tertiary/aromatic N) is 2. The summed E-state index contributed by atoms with van der Waals surface area (Å²) in [6.45, 7) is 6.29. The lowest BCUT2D eigenvalue weighted by Gasteiger charge is -2.31. The Morgan fingerprint density at radius 3 is 3.06 bits per heavy atom. The van der Waals surface area contributed by atoms with Gasteiger partial charge in [-0.1, -0.05) is 0 Å². The minimum absolute atomic E-state index is 0.0583. The first kappa shape index (κ1) is 12.5. The highest BCUT2D eigenvalue weighted by Crippen LogP contribution is 2.04. The summed E-state index contributed by atoms with van der Waals surface area (Å²) in [7, 11) is 0. The molecule has 1 aromatic heterocycles. The van der Waals surface area contributed by atoms with Gasteiger partial charge < -0.3 is 10.6 Å². The van der Waals surface area contributed by atoms with E-state index in [1.54, 1.807) is 17.5 Å². The summed E-state index contributed by atoms with van der Waals surface area (Å²) in [5, 5.41) is 9.08. The van der Waals surface area contributed by atoms with Crippen molar-refractivity contribution in [1.29, 1.82) is 0 Å². The number of hydrogen-bond donors (Lipinski definition) is 2. The summed E-state index contributed by atoms with van der Waals surface area (Å²) in [5.74, 6) is 0.0853. The Hall–Kier alpha value is -0.980. The predicted molar refractivity (Wildman–Crippen MR) is 67.9 cm³/mol. The second-order valence-electron chi connectivity index (χ2n) is 4.11. The van der Waals surface area contributed by atoms with Crippen molar-refractivity contribution in [2.75, 3.05) is 26.2 Å². The van der Waals surface area contributed by atoms with Gasteiger partial charge in [-0.3, -0.25) is 9.69 Å². The number of nitrogens with one attached hydrogen (secondary N) is 2. The Bertz CT molecular complexity index is 348. The van der Waals surface area contributed by atoms with Gasteiger partial charge in [-0.05, 0) is 6.92 Å². The van der Waals surface area contributed by atoms with E-state index in [0.717, 1.165) is 31.2 Å². The van der Waals surface area contributed by atoms with Gasteiger partial charge in [-0.25, -0.2) is 4.98 Å². The number of amides is 1. The molecule has 0 aromatic carbocycles. The SMILES string of the molecule is CC(C(=O)NCc1nccs1)N1CCNCC1. The highest BCUT2D eigenvalue weighted by molar-refractivity contribution is 7.09. The van der Waals surface area contributed by atoms with Gasteiger partial charge >= 0.3 is 0 Å². The van der Waals surface area contributed by atoms with Crippen LogP contribution < -0.4 is 10.6 Å². The lowest BCUT2D eigenvalue weighted by atomic mass is 10.2. The van der Waals surface area contributed by atoms with Crippen molar-refractivity contribution < 1.29 is 4.79 Å². The monoisotopic (exact) mass is 254 g/mol. The molecule has 2 heterocycles. The van der Waals surface area contributed by atoms with E-state index in [-0.39, 0.29) is 11.9 Å². The van der Waals surface area contributed by atoms with E-state index in [9.17, 15) is 4.79 Å². The van der Waals surface area contributed by atoms with Gasteiger partial charge in [0.15, 0.2) is 0 Å². The third kappa shape index (κ3) is 3.49. The van der Waals surface area contributed by atoms with Crippen LogP contribution >= 0.6 is 11.3 Å². The van der Waals surface area contributed by atoms with Crippen LogP contribution in [0.4, 0.5) is 0 Å². The van der Waals surface area contributed by atoms with Crippen molar-refractivity contribution >= 4 is 17.2 Å². The molecule has 0 aliphatic carbocycles. The average molecular weight is 254 g/mol. The second-order valence-corrected chi connectivity index (χ2v) is 5.08. The third-order valence-electron chi connectivity index (χ3n) is 2.98. The van der Waals surface area contributed by atoms with Crippen molar-refractivity contribution in [3.05, 3.63) is 16.6 Å². The minimum Gasteiger partial charge on any atom is -0.348 e. The summed E-state index contributed by atoms with van der Waals surface area (Å²) in [6, 6.07) is -0.0583.